The minimum Gasteiger partial charge on any atom is -0.345 e. The van der Waals surface area contributed by atoms with Gasteiger partial charge in [-0.25, -0.2) is 13.2 Å². The van der Waals surface area contributed by atoms with Gasteiger partial charge in [-0.1, -0.05) is 24.3 Å². The Balaban J connectivity index is 1.81. The summed E-state index contributed by atoms with van der Waals surface area (Å²) in [5.41, 5.74) is 6.68. The third kappa shape index (κ3) is 3.89. The molecule has 138 valence electrons. The standard InChI is InChI=1S/C19H20F3N3O/c1-11(14-4-2-3-5-17(14)20)25-19(26)12-6-7-15(13-9-23-24-10-13)16(8-12)18(21)22/h2-8,11,13,18,23-24H,9-10H2,1H3,(H,25,26)/t11-/m0/s1. The lowest BCUT2D eigenvalue weighted by molar-refractivity contribution is 0.0938. The summed E-state index contributed by atoms with van der Waals surface area (Å²) in [5.74, 6) is -1.02. The number of rotatable bonds is 5. The van der Waals surface area contributed by atoms with Gasteiger partial charge in [0.15, 0.2) is 0 Å². The van der Waals surface area contributed by atoms with Crippen LogP contribution in [-0.4, -0.2) is 19.0 Å². The van der Waals surface area contributed by atoms with Gasteiger partial charge in [-0.15, -0.1) is 0 Å². The molecule has 7 heteroatoms. The molecule has 1 aliphatic rings. The summed E-state index contributed by atoms with van der Waals surface area (Å²) in [7, 11) is 0. The van der Waals surface area contributed by atoms with Crippen LogP contribution in [0.4, 0.5) is 13.2 Å². The average molecular weight is 363 g/mol. The van der Waals surface area contributed by atoms with Crippen LogP contribution in [0.5, 0.6) is 0 Å². The van der Waals surface area contributed by atoms with Crippen LogP contribution in [0.3, 0.4) is 0 Å². The molecule has 3 N–H and O–H groups in total. The molecule has 1 aliphatic heterocycles. The summed E-state index contributed by atoms with van der Waals surface area (Å²) in [6.45, 7) is 2.75. The third-order valence-electron chi connectivity index (χ3n) is 4.57. The summed E-state index contributed by atoms with van der Waals surface area (Å²) < 4.78 is 40.8. The highest BCUT2D eigenvalue weighted by Gasteiger charge is 2.24. The first-order chi connectivity index (χ1) is 12.5. The zero-order chi connectivity index (χ0) is 18.7. The normalized spacial score (nSPS) is 16.0. The molecule has 0 aliphatic carbocycles. The number of nitrogens with one attached hydrogen (secondary N) is 3. The molecule has 26 heavy (non-hydrogen) atoms. The van der Waals surface area contributed by atoms with Crippen LogP contribution in [-0.2, 0) is 0 Å². The first kappa shape index (κ1) is 18.4. The SMILES string of the molecule is C[C@H](NC(=O)c1ccc(C2CNNC2)c(C(F)F)c1)c1ccccc1F. The minimum atomic E-state index is -2.68. The monoisotopic (exact) mass is 363 g/mol. The van der Waals surface area contributed by atoms with Crippen molar-refractivity contribution >= 4 is 5.91 Å². The van der Waals surface area contributed by atoms with Crippen molar-refractivity contribution in [3.8, 4) is 0 Å². The quantitative estimate of drug-likeness (QED) is 0.763. The highest BCUT2D eigenvalue weighted by Crippen LogP contribution is 2.30. The maximum atomic E-state index is 13.8. The fraction of sp³-hybridized carbons (Fsp3) is 0.316. The zero-order valence-corrected chi connectivity index (χ0v) is 14.2. The van der Waals surface area contributed by atoms with Gasteiger partial charge >= 0.3 is 0 Å². The second-order valence-electron chi connectivity index (χ2n) is 6.32. The van der Waals surface area contributed by atoms with Crippen molar-refractivity contribution in [2.45, 2.75) is 25.3 Å². The molecular weight excluding hydrogens is 343 g/mol. The molecule has 0 unspecified atom stereocenters. The van der Waals surface area contributed by atoms with Gasteiger partial charge in [0, 0.05) is 35.7 Å². The van der Waals surface area contributed by atoms with E-state index in [-0.39, 0.29) is 17.0 Å². The van der Waals surface area contributed by atoms with Crippen LogP contribution in [0.1, 0.15) is 52.4 Å². The lowest BCUT2D eigenvalue weighted by Gasteiger charge is -2.18. The molecule has 4 nitrogen and oxygen atoms in total. The molecule has 1 saturated heterocycles. The van der Waals surface area contributed by atoms with E-state index in [0.717, 1.165) is 0 Å². The Hall–Kier alpha value is -2.38. The van der Waals surface area contributed by atoms with E-state index in [4.69, 9.17) is 0 Å². The van der Waals surface area contributed by atoms with Gasteiger partial charge in [0.2, 0.25) is 0 Å². The Morgan fingerprint density at radius 1 is 1.12 bits per heavy atom. The fourth-order valence-electron chi connectivity index (χ4n) is 3.14. The maximum Gasteiger partial charge on any atom is 0.264 e. The average Bonchev–Trinajstić information content (AvgIpc) is 3.15. The summed E-state index contributed by atoms with van der Waals surface area (Å²) in [6.07, 6.45) is -2.68. The van der Waals surface area contributed by atoms with Crippen molar-refractivity contribution in [1.29, 1.82) is 0 Å². The highest BCUT2D eigenvalue weighted by molar-refractivity contribution is 5.94. The van der Waals surface area contributed by atoms with E-state index in [1.807, 2.05) is 0 Å². The third-order valence-corrected chi connectivity index (χ3v) is 4.57. The summed E-state index contributed by atoms with van der Waals surface area (Å²) in [6, 6.07) is 9.87. The van der Waals surface area contributed by atoms with Gasteiger partial charge in [0.1, 0.15) is 5.82 Å². The van der Waals surface area contributed by atoms with E-state index in [1.54, 1.807) is 31.2 Å². The van der Waals surface area contributed by atoms with Gasteiger partial charge in [0.25, 0.3) is 12.3 Å². The van der Waals surface area contributed by atoms with Crippen LogP contribution in [0, 0.1) is 5.82 Å². The molecule has 3 rings (SSSR count). The second kappa shape index (κ2) is 7.88. The van der Waals surface area contributed by atoms with E-state index in [0.29, 0.717) is 24.2 Å². The Kier molecular flexibility index (Phi) is 5.58. The zero-order valence-electron chi connectivity index (χ0n) is 14.2. The summed E-state index contributed by atoms with van der Waals surface area (Å²) in [5, 5.41) is 2.66. The van der Waals surface area contributed by atoms with Gasteiger partial charge in [-0.2, -0.15) is 0 Å². The summed E-state index contributed by atoms with van der Waals surface area (Å²) in [4.78, 5) is 12.4. The molecule has 1 heterocycles. The van der Waals surface area contributed by atoms with E-state index >= 15 is 0 Å². The van der Waals surface area contributed by atoms with Crippen molar-refractivity contribution in [3.05, 3.63) is 70.5 Å². The number of carbonyl (C=O) groups is 1. The number of hydrogen-bond donors (Lipinski definition) is 3. The van der Waals surface area contributed by atoms with Gasteiger partial charge in [-0.05, 0) is 30.7 Å². The molecule has 1 amide bonds. The van der Waals surface area contributed by atoms with Crippen LogP contribution in [0.15, 0.2) is 42.5 Å². The first-order valence-corrected chi connectivity index (χ1v) is 8.40. The Morgan fingerprint density at radius 3 is 2.46 bits per heavy atom. The second-order valence-corrected chi connectivity index (χ2v) is 6.32. The topological polar surface area (TPSA) is 53.2 Å². The Bertz CT molecular complexity index is 791. The highest BCUT2D eigenvalue weighted by atomic mass is 19.3. The maximum absolute atomic E-state index is 13.8. The predicted octanol–water partition coefficient (Wildman–Crippen LogP) is 3.45. The van der Waals surface area contributed by atoms with Crippen LogP contribution < -0.4 is 16.2 Å². The molecule has 1 atom stereocenters. The summed E-state index contributed by atoms with van der Waals surface area (Å²) >= 11 is 0. The molecule has 1 fully saturated rings. The van der Waals surface area contributed by atoms with E-state index in [9.17, 15) is 18.0 Å². The predicted molar refractivity (Wildman–Crippen MR) is 92.4 cm³/mol. The van der Waals surface area contributed by atoms with Crippen LogP contribution in [0.2, 0.25) is 0 Å². The largest absolute Gasteiger partial charge is 0.345 e. The van der Waals surface area contributed by atoms with Crippen molar-refractivity contribution in [2.75, 3.05) is 13.1 Å². The molecular formula is C19H20F3N3O. The van der Waals surface area contributed by atoms with Crippen molar-refractivity contribution in [1.82, 2.24) is 16.2 Å². The molecule has 0 radical (unpaired) electrons. The lowest BCUT2D eigenvalue weighted by atomic mass is 9.93. The molecule has 2 aromatic carbocycles. The fourth-order valence-corrected chi connectivity index (χ4v) is 3.14. The smallest absolute Gasteiger partial charge is 0.264 e. The van der Waals surface area contributed by atoms with E-state index in [1.165, 1.54) is 18.2 Å². The van der Waals surface area contributed by atoms with Gasteiger partial charge < -0.3 is 5.32 Å². The van der Waals surface area contributed by atoms with E-state index < -0.39 is 24.2 Å². The number of carbonyl (C=O) groups excluding carboxylic acids is 1. The number of amides is 1. The van der Waals surface area contributed by atoms with E-state index in [2.05, 4.69) is 16.2 Å². The Labute approximate surface area is 149 Å². The number of alkyl halides is 2. The number of halogens is 3. The Morgan fingerprint density at radius 2 is 1.81 bits per heavy atom. The lowest BCUT2D eigenvalue weighted by Crippen LogP contribution is -2.27. The molecule has 0 saturated carbocycles. The van der Waals surface area contributed by atoms with Gasteiger partial charge in [0.05, 0.1) is 6.04 Å². The number of benzene rings is 2. The van der Waals surface area contributed by atoms with Gasteiger partial charge in [-0.3, -0.25) is 15.6 Å². The first-order valence-electron chi connectivity index (χ1n) is 8.40. The number of hydrogen-bond acceptors (Lipinski definition) is 3. The molecule has 0 spiro atoms. The van der Waals surface area contributed by atoms with Crippen molar-refractivity contribution in [2.24, 2.45) is 0 Å². The van der Waals surface area contributed by atoms with Crippen molar-refractivity contribution < 1.29 is 18.0 Å². The molecule has 0 bridgehead atoms. The molecule has 0 aromatic heterocycles. The molecule has 2 aromatic rings. The number of hydrazine groups is 1. The van der Waals surface area contributed by atoms with Crippen LogP contribution in [0.25, 0.3) is 0 Å². The van der Waals surface area contributed by atoms with Crippen LogP contribution >= 0.6 is 0 Å². The van der Waals surface area contributed by atoms with Crippen molar-refractivity contribution in [3.63, 3.8) is 0 Å². The minimum absolute atomic E-state index is 0.0755.